The van der Waals surface area contributed by atoms with Crippen molar-refractivity contribution >= 4 is 28.7 Å². The number of nitrogens with one attached hydrogen (secondary N) is 2. The van der Waals surface area contributed by atoms with Crippen LogP contribution in [0.15, 0.2) is 65.7 Å². The lowest BCUT2D eigenvalue weighted by Crippen LogP contribution is -2.15. The molecule has 172 valence electrons. The maximum Gasteiger partial charge on any atom is 0.411 e. The molecule has 2 heterocycles. The van der Waals surface area contributed by atoms with Crippen molar-refractivity contribution in [1.29, 1.82) is 0 Å². The molecule has 0 spiro atoms. The van der Waals surface area contributed by atoms with Gasteiger partial charge in [0.05, 0.1) is 29.1 Å². The fourth-order valence-corrected chi connectivity index (χ4v) is 3.27. The smallest absolute Gasteiger partial charge is 0.411 e. The van der Waals surface area contributed by atoms with Gasteiger partial charge in [-0.1, -0.05) is 0 Å². The van der Waals surface area contributed by atoms with Crippen molar-refractivity contribution in [1.82, 2.24) is 9.97 Å². The summed E-state index contributed by atoms with van der Waals surface area (Å²) in [7, 11) is 0. The number of ether oxygens (including phenoxy) is 2. The lowest BCUT2D eigenvalue weighted by molar-refractivity contribution is 0.0734. The van der Waals surface area contributed by atoms with Crippen LogP contribution < -0.4 is 15.5 Å². The van der Waals surface area contributed by atoms with Gasteiger partial charge < -0.3 is 24.7 Å². The number of carbonyl (C=O) groups excluding carboxylic acids is 2. The first-order valence-electron chi connectivity index (χ1n) is 10.1. The number of hydrogen-bond donors (Lipinski definition) is 4. The van der Waals surface area contributed by atoms with Crippen LogP contribution in [0.2, 0.25) is 0 Å². The van der Waals surface area contributed by atoms with Gasteiger partial charge in [0.2, 0.25) is 0 Å². The van der Waals surface area contributed by atoms with Crippen LogP contribution in [0, 0.1) is 0 Å². The highest BCUT2D eigenvalue weighted by Crippen LogP contribution is 2.33. The highest BCUT2D eigenvalue weighted by molar-refractivity contribution is 5.94. The second-order valence-electron chi connectivity index (χ2n) is 7.12. The number of rotatable bonds is 5. The Hall–Kier alpha value is -4.86. The number of aromatic hydroxyl groups is 2. The molecule has 0 saturated heterocycles. The number of esters is 1. The Labute approximate surface area is 192 Å². The third kappa shape index (κ3) is 4.65. The molecule has 0 radical (unpaired) electrons. The number of amides is 1. The van der Waals surface area contributed by atoms with E-state index in [0.717, 1.165) is 6.07 Å². The summed E-state index contributed by atoms with van der Waals surface area (Å²) < 4.78 is 10.3. The van der Waals surface area contributed by atoms with Gasteiger partial charge in [0.25, 0.3) is 0 Å². The summed E-state index contributed by atoms with van der Waals surface area (Å²) in [6.07, 6.45) is 2.14. The molecule has 0 aliphatic rings. The van der Waals surface area contributed by atoms with Gasteiger partial charge in [0.1, 0.15) is 5.75 Å². The van der Waals surface area contributed by atoms with E-state index in [1.807, 2.05) is 0 Å². The van der Waals surface area contributed by atoms with E-state index in [4.69, 9.17) is 9.47 Å². The van der Waals surface area contributed by atoms with Crippen molar-refractivity contribution in [2.24, 2.45) is 0 Å². The van der Waals surface area contributed by atoms with Crippen molar-refractivity contribution in [2.75, 3.05) is 11.9 Å². The van der Waals surface area contributed by atoms with Crippen molar-refractivity contribution in [3.05, 3.63) is 76.7 Å². The minimum absolute atomic E-state index is 0.131. The molecule has 34 heavy (non-hydrogen) atoms. The maximum absolute atomic E-state index is 12.6. The largest absolute Gasteiger partial charge is 0.504 e. The number of nitrogens with zero attached hydrogens (tertiary/aromatic N) is 1. The lowest BCUT2D eigenvalue weighted by atomic mass is 10.1. The van der Waals surface area contributed by atoms with Crippen LogP contribution in [0.1, 0.15) is 17.3 Å². The van der Waals surface area contributed by atoms with Gasteiger partial charge in [-0.2, -0.15) is 0 Å². The Morgan fingerprint density at radius 1 is 1.09 bits per heavy atom. The number of aromatic amines is 1. The average Bonchev–Trinajstić information content (AvgIpc) is 2.81. The third-order valence-corrected chi connectivity index (χ3v) is 4.83. The molecule has 0 atom stereocenters. The number of carbonyl (C=O) groups is 2. The maximum atomic E-state index is 12.6. The summed E-state index contributed by atoms with van der Waals surface area (Å²) in [4.78, 5) is 44.0. The molecular weight excluding hydrogens is 442 g/mol. The summed E-state index contributed by atoms with van der Waals surface area (Å²) in [5.41, 5.74) is 0.988. The second kappa shape index (κ2) is 9.33. The molecule has 0 saturated carbocycles. The zero-order valence-corrected chi connectivity index (χ0v) is 17.9. The van der Waals surface area contributed by atoms with Crippen LogP contribution in [0.4, 0.5) is 10.5 Å². The Balaban J connectivity index is 1.77. The minimum Gasteiger partial charge on any atom is -0.504 e. The topological polar surface area (TPSA) is 151 Å². The van der Waals surface area contributed by atoms with Gasteiger partial charge in [-0.15, -0.1) is 0 Å². The molecule has 4 aromatic rings. The predicted molar refractivity (Wildman–Crippen MR) is 123 cm³/mol. The van der Waals surface area contributed by atoms with Crippen molar-refractivity contribution < 1.29 is 29.3 Å². The van der Waals surface area contributed by atoms with Crippen LogP contribution in [-0.4, -0.2) is 38.9 Å². The first-order chi connectivity index (χ1) is 16.4. The average molecular weight is 461 g/mol. The third-order valence-electron chi connectivity index (χ3n) is 4.83. The van der Waals surface area contributed by atoms with Crippen LogP contribution in [0.25, 0.3) is 22.2 Å². The van der Waals surface area contributed by atoms with Crippen LogP contribution in [0.5, 0.6) is 17.2 Å². The molecule has 0 unspecified atom stereocenters. The Bertz CT molecular complexity index is 1450. The molecule has 0 aliphatic heterocycles. The van der Waals surface area contributed by atoms with Crippen molar-refractivity contribution in [2.45, 2.75) is 6.92 Å². The number of phenols is 2. The highest BCUT2D eigenvalue weighted by atomic mass is 16.5. The first kappa shape index (κ1) is 22.3. The number of fused-ring (bicyclic) bond motifs is 1. The molecule has 0 aliphatic carbocycles. The number of aromatic nitrogens is 2. The van der Waals surface area contributed by atoms with E-state index in [1.54, 1.807) is 25.1 Å². The zero-order chi connectivity index (χ0) is 24.2. The molecule has 0 bridgehead atoms. The van der Waals surface area contributed by atoms with E-state index in [0.29, 0.717) is 11.3 Å². The normalized spacial score (nSPS) is 10.6. The summed E-state index contributed by atoms with van der Waals surface area (Å²) in [5, 5.41) is 22.3. The first-order valence-corrected chi connectivity index (χ1v) is 10.1. The molecule has 4 rings (SSSR count). The monoisotopic (exact) mass is 461 g/mol. The zero-order valence-electron chi connectivity index (χ0n) is 17.9. The van der Waals surface area contributed by atoms with E-state index in [1.165, 1.54) is 36.7 Å². The molecule has 10 heteroatoms. The molecular formula is C24H19N3O7. The van der Waals surface area contributed by atoms with Crippen LogP contribution >= 0.6 is 0 Å². The molecule has 2 aromatic heterocycles. The number of H-pyrrole nitrogens is 1. The summed E-state index contributed by atoms with van der Waals surface area (Å²) in [6, 6.07) is 11.3. The molecule has 10 nitrogen and oxygen atoms in total. The van der Waals surface area contributed by atoms with Gasteiger partial charge in [0, 0.05) is 41.5 Å². The van der Waals surface area contributed by atoms with Gasteiger partial charge in [0.15, 0.2) is 16.9 Å². The number of phenolic OH excluding ortho intramolecular Hbond substituents is 2. The number of hydrogen-bond acceptors (Lipinski definition) is 8. The van der Waals surface area contributed by atoms with Crippen LogP contribution in [-0.2, 0) is 4.74 Å². The molecule has 1 amide bonds. The fraction of sp³-hybridized carbons (Fsp3) is 0.0833. The SMILES string of the molecule is CCOC(=O)Nc1cc(OC(=O)c2cccnc2)ccc1-c1cc(=O)c2cc(O)c(O)cc2[nH]1. The standard InChI is InChI=1S/C24H19N3O7/c1-2-33-24(32)27-17-8-14(34-23(31)13-4-3-7-25-12-13)5-6-15(17)18-10-20(28)16-9-21(29)22(30)11-19(16)26-18/h3-12,29-30H,2H2,1H3,(H,26,28)(H,27,32). The van der Waals surface area contributed by atoms with Gasteiger partial charge in [-0.05, 0) is 37.3 Å². The number of pyridine rings is 2. The Morgan fingerprint density at radius 3 is 2.62 bits per heavy atom. The highest BCUT2D eigenvalue weighted by Gasteiger charge is 2.16. The van der Waals surface area contributed by atoms with Gasteiger partial charge >= 0.3 is 12.1 Å². The van der Waals surface area contributed by atoms with E-state index in [2.05, 4.69) is 15.3 Å². The molecule has 2 aromatic carbocycles. The van der Waals surface area contributed by atoms with E-state index in [9.17, 15) is 24.6 Å². The molecule has 0 fully saturated rings. The molecule has 4 N–H and O–H groups in total. The van der Waals surface area contributed by atoms with E-state index >= 15 is 0 Å². The Kier molecular flexibility index (Phi) is 6.13. The van der Waals surface area contributed by atoms with Gasteiger partial charge in [-0.25, -0.2) is 9.59 Å². The number of anilines is 1. The summed E-state index contributed by atoms with van der Waals surface area (Å²) in [5.74, 6) is -1.33. The Morgan fingerprint density at radius 2 is 1.88 bits per heavy atom. The quantitative estimate of drug-likeness (QED) is 0.199. The lowest BCUT2D eigenvalue weighted by Gasteiger charge is -2.14. The van der Waals surface area contributed by atoms with Crippen molar-refractivity contribution in [3.8, 4) is 28.5 Å². The van der Waals surface area contributed by atoms with Crippen molar-refractivity contribution in [3.63, 3.8) is 0 Å². The minimum atomic E-state index is -0.745. The fourth-order valence-electron chi connectivity index (χ4n) is 3.27. The second-order valence-corrected chi connectivity index (χ2v) is 7.12. The van der Waals surface area contributed by atoms with Gasteiger partial charge in [-0.3, -0.25) is 15.1 Å². The predicted octanol–water partition coefficient (Wildman–Crippen LogP) is 3.79. The number of benzene rings is 2. The summed E-state index contributed by atoms with van der Waals surface area (Å²) in [6.45, 7) is 1.78. The van der Waals surface area contributed by atoms with Crippen LogP contribution in [0.3, 0.4) is 0 Å². The van der Waals surface area contributed by atoms with E-state index in [-0.39, 0.29) is 34.5 Å². The van der Waals surface area contributed by atoms with E-state index < -0.39 is 29.0 Å². The summed E-state index contributed by atoms with van der Waals surface area (Å²) >= 11 is 0.